The van der Waals surface area contributed by atoms with E-state index in [2.05, 4.69) is 26.2 Å². The number of rotatable bonds is 4. The summed E-state index contributed by atoms with van der Waals surface area (Å²) in [5.74, 6) is 0.106. The smallest absolute Gasteiger partial charge is 0.142 e. The number of aliphatic hydroxyl groups excluding tert-OH is 1. The fraction of sp³-hybridized carbons (Fsp3) is 0.214. The number of nitrogens with zero attached hydrogens (tertiary/aromatic N) is 1. The highest BCUT2D eigenvalue weighted by Gasteiger charge is 2.11. The van der Waals surface area contributed by atoms with Gasteiger partial charge in [0.1, 0.15) is 5.75 Å². The van der Waals surface area contributed by atoms with Crippen molar-refractivity contribution in [1.29, 1.82) is 0 Å². The van der Waals surface area contributed by atoms with Crippen molar-refractivity contribution in [1.82, 2.24) is 4.98 Å². The van der Waals surface area contributed by atoms with E-state index in [4.69, 9.17) is 11.6 Å². The average molecular weight is 358 g/mol. The molecule has 1 aromatic heterocycles. The number of pyridine rings is 1. The molecule has 0 atom stereocenters. The quantitative estimate of drug-likeness (QED) is 0.782. The van der Waals surface area contributed by atoms with Gasteiger partial charge in [0.05, 0.1) is 12.3 Å². The molecule has 2 rings (SSSR count). The number of aliphatic hydroxyl groups is 1. The van der Waals surface area contributed by atoms with Gasteiger partial charge < -0.3 is 15.5 Å². The maximum Gasteiger partial charge on any atom is 0.142 e. The predicted molar refractivity (Wildman–Crippen MR) is 83.0 cm³/mol. The normalized spacial score (nSPS) is 10.6. The lowest BCUT2D eigenvalue weighted by molar-refractivity contribution is 0.279. The molecular formula is C14H14BrClN2O2. The molecule has 0 unspecified atom stereocenters. The van der Waals surface area contributed by atoms with Crippen LogP contribution in [0, 0.1) is 6.92 Å². The zero-order valence-corrected chi connectivity index (χ0v) is 13.2. The van der Waals surface area contributed by atoms with E-state index in [1.807, 2.05) is 6.07 Å². The Labute approximate surface area is 130 Å². The summed E-state index contributed by atoms with van der Waals surface area (Å²) < 4.78 is 0.834. The zero-order chi connectivity index (χ0) is 14.7. The van der Waals surface area contributed by atoms with E-state index in [-0.39, 0.29) is 12.4 Å². The lowest BCUT2D eigenvalue weighted by atomic mass is 10.1. The summed E-state index contributed by atoms with van der Waals surface area (Å²) in [6, 6.07) is 5.41. The number of halogens is 2. The van der Waals surface area contributed by atoms with Crippen molar-refractivity contribution in [3.63, 3.8) is 0 Å². The Morgan fingerprint density at radius 2 is 2.15 bits per heavy atom. The van der Waals surface area contributed by atoms with Crippen molar-refractivity contribution in [2.24, 2.45) is 0 Å². The van der Waals surface area contributed by atoms with Crippen LogP contribution in [-0.2, 0) is 13.2 Å². The number of aromatic hydroxyl groups is 1. The second-order valence-corrected chi connectivity index (χ2v) is 5.62. The Morgan fingerprint density at radius 3 is 2.80 bits per heavy atom. The van der Waals surface area contributed by atoms with Crippen molar-refractivity contribution in [3.8, 4) is 5.75 Å². The minimum atomic E-state index is -0.167. The van der Waals surface area contributed by atoms with Crippen LogP contribution >= 0.6 is 27.5 Å². The van der Waals surface area contributed by atoms with Crippen LogP contribution in [0.2, 0.25) is 5.02 Å². The van der Waals surface area contributed by atoms with Crippen LogP contribution in [0.15, 0.2) is 28.9 Å². The zero-order valence-electron chi connectivity index (χ0n) is 10.8. The summed E-state index contributed by atoms with van der Waals surface area (Å²) in [6.45, 7) is 1.93. The Morgan fingerprint density at radius 1 is 1.40 bits per heavy atom. The third kappa shape index (κ3) is 3.23. The number of benzene rings is 1. The number of aromatic nitrogens is 1. The molecule has 1 heterocycles. The number of nitrogens with one attached hydrogen (secondary N) is 1. The lowest BCUT2D eigenvalue weighted by Crippen LogP contribution is -2.06. The molecule has 6 heteroatoms. The Hall–Kier alpha value is -1.30. The Balaban J connectivity index is 2.24. The molecule has 1 aromatic carbocycles. The first-order valence-corrected chi connectivity index (χ1v) is 7.16. The van der Waals surface area contributed by atoms with Crippen molar-refractivity contribution >= 4 is 33.2 Å². The summed E-state index contributed by atoms with van der Waals surface area (Å²) >= 11 is 9.31. The van der Waals surface area contributed by atoms with E-state index in [1.54, 1.807) is 25.3 Å². The largest absolute Gasteiger partial charge is 0.506 e. The van der Waals surface area contributed by atoms with E-state index in [1.165, 1.54) is 0 Å². The molecule has 0 aliphatic heterocycles. The molecule has 20 heavy (non-hydrogen) atoms. The first-order chi connectivity index (χ1) is 9.52. The molecule has 0 aliphatic rings. The Bertz CT molecular complexity index is 635. The molecule has 0 saturated carbocycles. The van der Waals surface area contributed by atoms with Crippen molar-refractivity contribution < 1.29 is 10.2 Å². The van der Waals surface area contributed by atoms with E-state index in [0.717, 1.165) is 10.2 Å². The lowest BCUT2D eigenvalue weighted by Gasteiger charge is -2.14. The van der Waals surface area contributed by atoms with Gasteiger partial charge in [0.15, 0.2) is 0 Å². The van der Waals surface area contributed by atoms with Crippen LogP contribution in [0.4, 0.5) is 5.69 Å². The molecule has 0 amide bonds. The Kier molecular flexibility index (Phi) is 4.86. The highest BCUT2D eigenvalue weighted by atomic mass is 79.9. The molecule has 3 N–H and O–H groups in total. The number of hydrogen-bond acceptors (Lipinski definition) is 4. The predicted octanol–water partition coefficient (Wildman–Crippen LogP) is 3.62. The summed E-state index contributed by atoms with van der Waals surface area (Å²) in [4.78, 5) is 4.03. The van der Waals surface area contributed by atoms with Crippen LogP contribution < -0.4 is 5.32 Å². The summed E-state index contributed by atoms with van der Waals surface area (Å²) in [5, 5.41) is 23.2. The molecule has 106 valence electrons. The van der Waals surface area contributed by atoms with Crippen LogP contribution in [0.1, 0.15) is 16.8 Å². The van der Waals surface area contributed by atoms with E-state index in [0.29, 0.717) is 28.4 Å². The van der Waals surface area contributed by atoms with Gasteiger partial charge in [0.25, 0.3) is 0 Å². The first-order valence-electron chi connectivity index (χ1n) is 5.99. The summed E-state index contributed by atoms with van der Waals surface area (Å²) in [6.07, 6.45) is 1.57. The van der Waals surface area contributed by atoms with Crippen molar-refractivity contribution in [2.75, 3.05) is 5.32 Å². The second-order valence-electron chi connectivity index (χ2n) is 4.33. The molecule has 0 spiro atoms. The van der Waals surface area contributed by atoms with Gasteiger partial charge >= 0.3 is 0 Å². The SMILES string of the molecule is Cc1ncc(CO)c(CNc2ccc(Cl)cc2Br)c1O. The molecule has 4 nitrogen and oxygen atoms in total. The summed E-state index contributed by atoms with van der Waals surface area (Å²) in [7, 11) is 0. The fourth-order valence-corrected chi connectivity index (χ4v) is 2.66. The van der Waals surface area contributed by atoms with E-state index < -0.39 is 0 Å². The van der Waals surface area contributed by atoms with Gasteiger partial charge in [-0.1, -0.05) is 11.6 Å². The molecule has 0 aliphatic carbocycles. The minimum Gasteiger partial charge on any atom is -0.506 e. The maximum atomic E-state index is 10.1. The second kappa shape index (κ2) is 6.43. The molecule has 0 fully saturated rings. The van der Waals surface area contributed by atoms with Gasteiger partial charge in [-0.25, -0.2) is 0 Å². The average Bonchev–Trinajstić information content (AvgIpc) is 2.42. The van der Waals surface area contributed by atoms with Gasteiger partial charge in [-0.05, 0) is 41.1 Å². The van der Waals surface area contributed by atoms with Crippen LogP contribution in [-0.4, -0.2) is 15.2 Å². The van der Waals surface area contributed by atoms with Crippen LogP contribution in [0.3, 0.4) is 0 Å². The monoisotopic (exact) mass is 356 g/mol. The minimum absolute atomic E-state index is 0.106. The highest BCUT2D eigenvalue weighted by molar-refractivity contribution is 9.10. The third-order valence-corrected chi connectivity index (χ3v) is 3.88. The van der Waals surface area contributed by atoms with Gasteiger partial charge in [-0.2, -0.15) is 0 Å². The molecule has 0 bridgehead atoms. The standard InChI is InChI=1S/C14H14BrClN2O2/c1-8-14(20)11(9(7-19)5-17-8)6-18-13-3-2-10(16)4-12(13)15/h2-5,18-20H,6-7H2,1H3. The number of aryl methyl sites for hydroxylation is 1. The summed E-state index contributed by atoms with van der Waals surface area (Å²) in [5.41, 5.74) is 2.63. The van der Waals surface area contributed by atoms with Crippen LogP contribution in [0.25, 0.3) is 0 Å². The fourth-order valence-electron chi connectivity index (χ4n) is 1.83. The van der Waals surface area contributed by atoms with Gasteiger partial charge in [0.2, 0.25) is 0 Å². The molecular weight excluding hydrogens is 344 g/mol. The highest BCUT2D eigenvalue weighted by Crippen LogP contribution is 2.29. The van der Waals surface area contributed by atoms with Gasteiger partial charge in [0, 0.05) is 39.1 Å². The third-order valence-electron chi connectivity index (χ3n) is 2.99. The van der Waals surface area contributed by atoms with Crippen molar-refractivity contribution in [2.45, 2.75) is 20.1 Å². The molecule has 2 aromatic rings. The maximum absolute atomic E-state index is 10.1. The number of anilines is 1. The van der Waals surface area contributed by atoms with Gasteiger partial charge in [-0.15, -0.1) is 0 Å². The van der Waals surface area contributed by atoms with E-state index >= 15 is 0 Å². The van der Waals surface area contributed by atoms with E-state index in [9.17, 15) is 10.2 Å². The van der Waals surface area contributed by atoms with Crippen LogP contribution in [0.5, 0.6) is 5.75 Å². The molecule has 0 radical (unpaired) electrons. The van der Waals surface area contributed by atoms with Gasteiger partial charge in [-0.3, -0.25) is 4.98 Å². The first kappa shape index (κ1) is 15.1. The van der Waals surface area contributed by atoms with Crippen molar-refractivity contribution in [3.05, 3.63) is 50.7 Å². The molecule has 0 saturated heterocycles. The topological polar surface area (TPSA) is 65.4 Å². The number of hydrogen-bond donors (Lipinski definition) is 3.